The summed E-state index contributed by atoms with van der Waals surface area (Å²) >= 11 is 1.26. The van der Waals surface area contributed by atoms with Gasteiger partial charge in [0.25, 0.3) is 5.91 Å². The zero-order valence-electron chi connectivity index (χ0n) is 23.5. The number of anilines is 2. The van der Waals surface area contributed by atoms with E-state index in [0.717, 1.165) is 50.4 Å². The van der Waals surface area contributed by atoms with Crippen molar-refractivity contribution >= 4 is 28.1 Å². The fraction of sp³-hybridized carbons (Fsp3) is 0.419. The van der Waals surface area contributed by atoms with Crippen LogP contribution in [0.1, 0.15) is 83.9 Å². The van der Waals surface area contributed by atoms with Gasteiger partial charge in [0.05, 0.1) is 16.6 Å². The number of nitrogens with zero attached hydrogens (tertiary/aromatic N) is 2. The number of halogens is 3. The van der Waals surface area contributed by atoms with Crippen molar-refractivity contribution in [2.24, 2.45) is 5.92 Å². The van der Waals surface area contributed by atoms with Gasteiger partial charge in [-0.25, -0.2) is 4.98 Å². The number of alkyl halides is 3. The molecule has 1 amide bonds. The van der Waals surface area contributed by atoms with Gasteiger partial charge in [0.1, 0.15) is 0 Å². The lowest BCUT2D eigenvalue weighted by atomic mass is 9.99. The Bertz CT molecular complexity index is 1350. The standard InChI is InChI=1S/C31H37F3N4OS/c1-5-15-38(16-14-22(6-2)7-3)20-25-10-12-26(18-28(25)31(32,33)34)37-29(39)24-9-8-21(4)23(17-24)11-13-27-19-36-30(35)40-27/h8-10,12,17-19,22H,5-7,14-16,20H2,1-4H3,(H2,35,36)(H,37,39). The summed E-state index contributed by atoms with van der Waals surface area (Å²) in [4.78, 5) is 19.8. The van der Waals surface area contributed by atoms with Gasteiger partial charge in [-0.3, -0.25) is 9.69 Å². The molecule has 1 heterocycles. The van der Waals surface area contributed by atoms with Crippen molar-refractivity contribution in [2.75, 3.05) is 24.1 Å². The van der Waals surface area contributed by atoms with E-state index in [1.54, 1.807) is 24.4 Å². The van der Waals surface area contributed by atoms with Gasteiger partial charge in [0.2, 0.25) is 0 Å². The molecule has 9 heteroatoms. The van der Waals surface area contributed by atoms with E-state index in [1.807, 2.05) is 13.8 Å². The van der Waals surface area contributed by atoms with Gasteiger partial charge in [-0.05, 0) is 80.1 Å². The van der Waals surface area contributed by atoms with Crippen LogP contribution in [-0.4, -0.2) is 28.9 Å². The number of thiazole rings is 1. The molecule has 40 heavy (non-hydrogen) atoms. The molecule has 0 atom stereocenters. The van der Waals surface area contributed by atoms with Crippen molar-refractivity contribution in [1.29, 1.82) is 0 Å². The van der Waals surface area contributed by atoms with Crippen LogP contribution in [0.15, 0.2) is 42.6 Å². The molecule has 1 aromatic heterocycles. The SMILES string of the molecule is CCCN(CCC(CC)CC)Cc1ccc(NC(=O)c2ccc(C)c(C#Cc3cnc(N)s3)c2)cc1C(F)(F)F. The van der Waals surface area contributed by atoms with Crippen LogP contribution in [0.5, 0.6) is 0 Å². The number of nitrogen functional groups attached to an aromatic ring is 1. The second kappa shape index (κ2) is 14.3. The highest BCUT2D eigenvalue weighted by atomic mass is 32.1. The second-order valence-corrected chi connectivity index (χ2v) is 11.0. The number of hydrogen-bond donors (Lipinski definition) is 2. The van der Waals surface area contributed by atoms with Crippen molar-refractivity contribution in [3.8, 4) is 11.8 Å². The van der Waals surface area contributed by atoms with E-state index in [4.69, 9.17) is 5.73 Å². The summed E-state index contributed by atoms with van der Waals surface area (Å²) in [6.45, 7) is 9.89. The van der Waals surface area contributed by atoms with Crippen LogP contribution in [0.2, 0.25) is 0 Å². The maximum Gasteiger partial charge on any atom is 0.416 e. The van der Waals surface area contributed by atoms with E-state index in [-0.39, 0.29) is 17.8 Å². The number of aryl methyl sites for hydroxylation is 1. The third-order valence-electron chi connectivity index (χ3n) is 6.96. The smallest absolute Gasteiger partial charge is 0.375 e. The highest BCUT2D eigenvalue weighted by molar-refractivity contribution is 7.15. The molecule has 0 aliphatic carbocycles. The third kappa shape index (κ3) is 8.83. The lowest BCUT2D eigenvalue weighted by molar-refractivity contribution is -0.138. The zero-order valence-corrected chi connectivity index (χ0v) is 24.3. The van der Waals surface area contributed by atoms with Gasteiger partial charge in [0, 0.05) is 23.4 Å². The Balaban J connectivity index is 1.80. The number of aromatic nitrogens is 1. The number of hydrogen-bond acceptors (Lipinski definition) is 5. The molecule has 0 aliphatic heterocycles. The van der Waals surface area contributed by atoms with Gasteiger partial charge in [-0.2, -0.15) is 13.2 Å². The molecule has 5 nitrogen and oxygen atoms in total. The summed E-state index contributed by atoms with van der Waals surface area (Å²) in [5.41, 5.74) is 7.02. The van der Waals surface area contributed by atoms with Gasteiger partial charge < -0.3 is 11.1 Å². The Morgan fingerprint density at radius 3 is 2.48 bits per heavy atom. The van der Waals surface area contributed by atoms with Crippen molar-refractivity contribution in [1.82, 2.24) is 9.88 Å². The molecule has 3 N–H and O–H groups in total. The first-order chi connectivity index (χ1) is 19.0. The number of carbonyl (C=O) groups is 1. The van der Waals surface area contributed by atoms with Gasteiger partial charge in [0.15, 0.2) is 5.13 Å². The van der Waals surface area contributed by atoms with Crippen LogP contribution < -0.4 is 11.1 Å². The van der Waals surface area contributed by atoms with Crippen LogP contribution in [0.4, 0.5) is 24.0 Å². The van der Waals surface area contributed by atoms with Crippen molar-refractivity contribution in [2.45, 2.75) is 66.1 Å². The van der Waals surface area contributed by atoms with Crippen LogP contribution in [0, 0.1) is 24.7 Å². The first-order valence-electron chi connectivity index (χ1n) is 13.6. The van der Waals surface area contributed by atoms with Crippen LogP contribution >= 0.6 is 11.3 Å². The molecule has 0 fully saturated rings. The molecule has 0 aliphatic rings. The first-order valence-corrected chi connectivity index (χ1v) is 14.4. The zero-order chi connectivity index (χ0) is 29.3. The van der Waals surface area contributed by atoms with Crippen LogP contribution in [-0.2, 0) is 12.7 Å². The quantitative estimate of drug-likeness (QED) is 0.231. The molecule has 3 aromatic rings. The highest BCUT2D eigenvalue weighted by Crippen LogP contribution is 2.35. The summed E-state index contributed by atoms with van der Waals surface area (Å²) in [7, 11) is 0. The summed E-state index contributed by atoms with van der Waals surface area (Å²) < 4.78 is 42.3. The number of nitrogens with two attached hydrogens (primary N) is 1. The third-order valence-corrected chi connectivity index (χ3v) is 7.70. The van der Waals surface area contributed by atoms with Crippen LogP contribution in [0.3, 0.4) is 0 Å². The fourth-order valence-electron chi connectivity index (χ4n) is 4.52. The number of benzene rings is 2. The topological polar surface area (TPSA) is 71.2 Å². The second-order valence-electron chi connectivity index (χ2n) is 9.91. The fourth-order valence-corrected chi connectivity index (χ4v) is 5.06. The Hall–Kier alpha value is -3.35. The highest BCUT2D eigenvalue weighted by Gasteiger charge is 2.34. The monoisotopic (exact) mass is 570 g/mol. The molecule has 0 spiro atoms. The molecule has 214 valence electrons. The van der Waals surface area contributed by atoms with E-state index in [2.05, 4.69) is 40.9 Å². The van der Waals surface area contributed by atoms with E-state index >= 15 is 0 Å². The molecule has 0 saturated heterocycles. The average Bonchev–Trinajstić information content (AvgIpc) is 3.33. The molecule has 3 rings (SSSR count). The maximum atomic E-state index is 14.1. The molecular formula is C31H37F3N4OS. The van der Waals surface area contributed by atoms with E-state index in [1.165, 1.54) is 23.5 Å². The lowest BCUT2D eigenvalue weighted by Crippen LogP contribution is -2.28. The van der Waals surface area contributed by atoms with Gasteiger partial charge in [-0.1, -0.05) is 63.0 Å². The minimum absolute atomic E-state index is 0.0912. The summed E-state index contributed by atoms with van der Waals surface area (Å²) in [5, 5.41) is 3.05. The largest absolute Gasteiger partial charge is 0.416 e. The number of rotatable bonds is 11. The summed E-state index contributed by atoms with van der Waals surface area (Å²) in [6, 6.07) is 9.06. The Morgan fingerprint density at radius 2 is 1.85 bits per heavy atom. The van der Waals surface area contributed by atoms with Crippen molar-refractivity contribution in [3.05, 3.63) is 75.3 Å². The average molecular weight is 571 g/mol. The minimum Gasteiger partial charge on any atom is -0.375 e. The van der Waals surface area contributed by atoms with E-state index < -0.39 is 17.6 Å². The van der Waals surface area contributed by atoms with E-state index in [0.29, 0.717) is 27.1 Å². The van der Waals surface area contributed by atoms with Crippen molar-refractivity contribution in [3.63, 3.8) is 0 Å². The molecular weight excluding hydrogens is 533 g/mol. The Labute approximate surface area is 239 Å². The Kier molecular flexibility index (Phi) is 11.2. The van der Waals surface area contributed by atoms with Gasteiger partial charge in [-0.15, -0.1) is 0 Å². The summed E-state index contributed by atoms with van der Waals surface area (Å²) in [6.07, 6.45) is 0.985. The predicted molar refractivity (Wildman–Crippen MR) is 157 cm³/mol. The van der Waals surface area contributed by atoms with Gasteiger partial charge >= 0.3 is 6.18 Å². The molecule has 0 radical (unpaired) electrons. The molecule has 0 saturated carbocycles. The van der Waals surface area contributed by atoms with Crippen molar-refractivity contribution < 1.29 is 18.0 Å². The molecule has 0 unspecified atom stereocenters. The predicted octanol–water partition coefficient (Wildman–Crippen LogP) is 7.74. The minimum atomic E-state index is -4.55. The Morgan fingerprint density at radius 1 is 1.10 bits per heavy atom. The maximum absolute atomic E-state index is 14.1. The number of nitrogens with one attached hydrogen (secondary N) is 1. The van der Waals surface area contributed by atoms with E-state index in [9.17, 15) is 18.0 Å². The normalized spacial score (nSPS) is 11.5. The first kappa shape index (κ1) is 31.2. The lowest BCUT2D eigenvalue weighted by Gasteiger charge is -2.26. The number of amides is 1. The van der Waals surface area contributed by atoms with Crippen LogP contribution in [0.25, 0.3) is 0 Å². The number of carbonyl (C=O) groups excluding carboxylic acids is 1. The molecule has 0 bridgehead atoms. The molecule has 2 aromatic carbocycles. The summed E-state index contributed by atoms with van der Waals surface area (Å²) in [5.74, 6) is 6.06.